The van der Waals surface area contributed by atoms with Gasteiger partial charge in [-0.2, -0.15) is 0 Å². The molecule has 2 aliphatic heterocycles. The van der Waals surface area contributed by atoms with Crippen LogP contribution in [0.5, 0.6) is 11.5 Å². The number of fused-ring (bicyclic) bond motifs is 6. The molecule has 2 heterocycles. The molecule has 4 aromatic carbocycles. The summed E-state index contributed by atoms with van der Waals surface area (Å²) in [5.74, 6) is 1.13. The maximum Gasteiger partial charge on any atom is 0.340 e. The highest BCUT2D eigenvalue weighted by Gasteiger charge is 2.53. The van der Waals surface area contributed by atoms with Gasteiger partial charge in [0.15, 0.2) is 5.60 Å². The van der Waals surface area contributed by atoms with Gasteiger partial charge in [-0.05, 0) is 68.8 Å². The standard InChI is InChI=1S/C37H40N2O3/c1-4-7-8-9-15-24-39(27-16-11-10-12-17-27)29-21-23-34-33(25-29)37(31-19-14-13-18-30(31)36(40)42-37)32-22-20-28(26-35(32)41-34)38(5-2)6-3/h10-14,16-23,25-26H,4-9,15,24H2,1-3H3. The maximum absolute atomic E-state index is 13.4. The monoisotopic (exact) mass is 560 g/mol. The summed E-state index contributed by atoms with van der Waals surface area (Å²) in [5, 5.41) is 0. The van der Waals surface area contributed by atoms with Gasteiger partial charge < -0.3 is 19.3 Å². The summed E-state index contributed by atoms with van der Waals surface area (Å²) in [6.45, 7) is 9.25. The van der Waals surface area contributed by atoms with Gasteiger partial charge in [0.2, 0.25) is 0 Å². The van der Waals surface area contributed by atoms with E-state index in [1.807, 2.05) is 30.3 Å². The average molecular weight is 561 g/mol. The SMILES string of the molecule is CCCCCCCN(c1ccccc1)c1ccc2c(c1)C1(OC(=O)c3ccccc31)c1ccc(N(CC)CC)cc1O2. The molecule has 6 rings (SSSR count). The van der Waals surface area contributed by atoms with Gasteiger partial charge in [0.1, 0.15) is 11.5 Å². The number of para-hydroxylation sites is 1. The fourth-order valence-electron chi connectivity index (χ4n) is 6.49. The molecule has 1 unspecified atom stereocenters. The van der Waals surface area contributed by atoms with Gasteiger partial charge in [-0.15, -0.1) is 0 Å². The minimum Gasteiger partial charge on any atom is -0.456 e. The second-order valence-electron chi connectivity index (χ2n) is 11.2. The highest BCUT2D eigenvalue weighted by atomic mass is 16.6. The number of esters is 1. The molecule has 1 spiro atoms. The zero-order chi connectivity index (χ0) is 29.1. The predicted molar refractivity (Wildman–Crippen MR) is 170 cm³/mol. The third-order valence-corrected chi connectivity index (χ3v) is 8.67. The summed E-state index contributed by atoms with van der Waals surface area (Å²) in [4.78, 5) is 18.1. The van der Waals surface area contributed by atoms with Crippen molar-refractivity contribution in [3.05, 3.63) is 113 Å². The van der Waals surface area contributed by atoms with E-state index in [0.29, 0.717) is 11.3 Å². The second-order valence-corrected chi connectivity index (χ2v) is 11.2. The summed E-state index contributed by atoms with van der Waals surface area (Å²) >= 11 is 0. The molecule has 5 nitrogen and oxygen atoms in total. The van der Waals surface area contributed by atoms with Crippen molar-refractivity contribution < 1.29 is 14.3 Å². The first-order valence-electron chi connectivity index (χ1n) is 15.5. The molecule has 0 saturated heterocycles. The fourth-order valence-corrected chi connectivity index (χ4v) is 6.49. The Morgan fingerprint density at radius 2 is 1.38 bits per heavy atom. The van der Waals surface area contributed by atoms with E-state index < -0.39 is 5.60 Å². The predicted octanol–water partition coefficient (Wildman–Crippen LogP) is 9.21. The third kappa shape index (κ3) is 4.81. The summed E-state index contributed by atoms with van der Waals surface area (Å²) < 4.78 is 13.1. The lowest BCUT2D eigenvalue weighted by atomic mass is 9.77. The zero-order valence-electron chi connectivity index (χ0n) is 24.9. The van der Waals surface area contributed by atoms with Gasteiger partial charge in [0, 0.05) is 59.5 Å². The minimum absolute atomic E-state index is 0.307. The van der Waals surface area contributed by atoms with Crippen LogP contribution in [0.2, 0.25) is 0 Å². The first kappa shape index (κ1) is 27.9. The van der Waals surface area contributed by atoms with E-state index >= 15 is 0 Å². The van der Waals surface area contributed by atoms with Crippen LogP contribution in [0.15, 0.2) is 91.0 Å². The van der Waals surface area contributed by atoms with Gasteiger partial charge in [0.25, 0.3) is 0 Å². The molecule has 0 aliphatic carbocycles. The van der Waals surface area contributed by atoms with Gasteiger partial charge >= 0.3 is 5.97 Å². The Labute approximate surface area is 249 Å². The molecule has 216 valence electrons. The van der Waals surface area contributed by atoms with Gasteiger partial charge in [-0.1, -0.05) is 69.0 Å². The summed E-state index contributed by atoms with van der Waals surface area (Å²) in [5.41, 5.74) is 5.38. The number of unbranched alkanes of at least 4 members (excludes halogenated alkanes) is 4. The molecule has 2 aliphatic rings. The molecule has 4 aromatic rings. The van der Waals surface area contributed by atoms with Crippen LogP contribution >= 0.6 is 0 Å². The molecule has 42 heavy (non-hydrogen) atoms. The number of hydrogen-bond donors (Lipinski definition) is 0. The quantitative estimate of drug-likeness (QED) is 0.135. The summed E-state index contributed by atoms with van der Waals surface area (Å²) in [7, 11) is 0. The number of nitrogens with zero attached hydrogens (tertiary/aromatic N) is 2. The van der Waals surface area contributed by atoms with Crippen LogP contribution < -0.4 is 14.5 Å². The third-order valence-electron chi connectivity index (χ3n) is 8.67. The van der Waals surface area contributed by atoms with Crippen LogP contribution in [0, 0.1) is 0 Å². The van der Waals surface area contributed by atoms with E-state index in [-0.39, 0.29) is 5.97 Å². The van der Waals surface area contributed by atoms with Crippen molar-refractivity contribution in [2.24, 2.45) is 0 Å². The van der Waals surface area contributed by atoms with Crippen LogP contribution in [-0.4, -0.2) is 25.6 Å². The largest absolute Gasteiger partial charge is 0.456 e. The lowest BCUT2D eigenvalue weighted by molar-refractivity contribution is 0.0224. The maximum atomic E-state index is 13.4. The Bertz CT molecular complexity index is 1560. The molecule has 5 heteroatoms. The Kier molecular flexibility index (Phi) is 7.92. The number of benzene rings is 4. The van der Waals surface area contributed by atoms with Crippen LogP contribution in [-0.2, 0) is 10.3 Å². The molecule has 0 fully saturated rings. The topological polar surface area (TPSA) is 42.0 Å². The molecular weight excluding hydrogens is 520 g/mol. The van der Waals surface area contributed by atoms with Crippen molar-refractivity contribution in [2.45, 2.75) is 58.5 Å². The number of carbonyl (C=O) groups excluding carboxylic acids is 1. The number of anilines is 3. The first-order valence-corrected chi connectivity index (χ1v) is 15.5. The Morgan fingerprint density at radius 1 is 0.643 bits per heavy atom. The van der Waals surface area contributed by atoms with E-state index in [0.717, 1.165) is 65.6 Å². The van der Waals surface area contributed by atoms with Crippen LogP contribution in [0.25, 0.3) is 0 Å². The van der Waals surface area contributed by atoms with Gasteiger partial charge in [-0.3, -0.25) is 0 Å². The highest BCUT2D eigenvalue weighted by molar-refractivity contribution is 5.97. The lowest BCUT2D eigenvalue weighted by Gasteiger charge is -2.38. The van der Waals surface area contributed by atoms with Gasteiger partial charge in [-0.25, -0.2) is 4.79 Å². The molecule has 0 amide bonds. The number of ether oxygens (including phenoxy) is 2. The molecule has 0 bridgehead atoms. The molecule has 0 N–H and O–H groups in total. The minimum atomic E-state index is -1.09. The van der Waals surface area contributed by atoms with Crippen molar-refractivity contribution in [3.63, 3.8) is 0 Å². The Morgan fingerprint density at radius 3 is 2.17 bits per heavy atom. The van der Waals surface area contributed by atoms with Crippen LogP contribution in [0.4, 0.5) is 17.1 Å². The van der Waals surface area contributed by atoms with E-state index in [1.54, 1.807) is 0 Å². The van der Waals surface area contributed by atoms with Crippen molar-refractivity contribution in [1.29, 1.82) is 0 Å². The zero-order valence-corrected chi connectivity index (χ0v) is 24.9. The molecular formula is C37H40N2O3. The molecule has 0 radical (unpaired) electrons. The Balaban J connectivity index is 1.49. The van der Waals surface area contributed by atoms with Crippen molar-refractivity contribution >= 4 is 23.0 Å². The van der Waals surface area contributed by atoms with Crippen molar-refractivity contribution in [1.82, 2.24) is 0 Å². The van der Waals surface area contributed by atoms with Crippen LogP contribution in [0.3, 0.4) is 0 Å². The number of rotatable bonds is 11. The van der Waals surface area contributed by atoms with E-state index in [4.69, 9.17) is 9.47 Å². The number of carbonyl (C=O) groups is 1. The van der Waals surface area contributed by atoms with E-state index in [1.165, 1.54) is 25.7 Å². The molecule has 0 saturated carbocycles. The second kappa shape index (κ2) is 11.9. The number of hydrogen-bond acceptors (Lipinski definition) is 5. The van der Waals surface area contributed by atoms with Crippen molar-refractivity contribution in [3.8, 4) is 11.5 Å². The normalized spacial score (nSPS) is 16.3. The highest BCUT2D eigenvalue weighted by Crippen LogP contribution is 2.57. The molecule has 1 atom stereocenters. The summed E-state index contributed by atoms with van der Waals surface area (Å²) in [6.07, 6.45) is 6.04. The van der Waals surface area contributed by atoms with E-state index in [2.05, 4.69) is 91.2 Å². The van der Waals surface area contributed by atoms with Crippen LogP contribution in [0.1, 0.15) is 79.9 Å². The van der Waals surface area contributed by atoms with E-state index in [9.17, 15) is 4.79 Å². The molecule has 0 aromatic heterocycles. The average Bonchev–Trinajstić information content (AvgIpc) is 3.32. The van der Waals surface area contributed by atoms with Crippen molar-refractivity contribution in [2.75, 3.05) is 29.4 Å². The Hall–Kier alpha value is -4.25. The first-order chi connectivity index (χ1) is 20.6. The fraction of sp³-hybridized carbons (Fsp3) is 0.324. The summed E-state index contributed by atoms with van der Waals surface area (Å²) in [6, 6.07) is 30.9. The lowest BCUT2D eigenvalue weighted by Crippen LogP contribution is -2.33. The van der Waals surface area contributed by atoms with Gasteiger partial charge in [0.05, 0.1) is 5.56 Å². The smallest absolute Gasteiger partial charge is 0.340 e.